The molecule has 2 rings (SSSR count). The summed E-state index contributed by atoms with van der Waals surface area (Å²) in [5, 5.41) is 0.841. The van der Waals surface area contributed by atoms with Crippen molar-refractivity contribution in [3.8, 4) is 0 Å². The van der Waals surface area contributed by atoms with Crippen molar-refractivity contribution in [1.82, 2.24) is 9.88 Å². The molecule has 0 aliphatic carbocycles. The number of carbonyl (C=O) groups is 1. The number of ether oxygens (including phenoxy) is 1. The van der Waals surface area contributed by atoms with E-state index in [1.807, 2.05) is 96.7 Å². The molecule has 0 N–H and O–H groups in total. The Bertz CT molecular complexity index is 934. The van der Waals surface area contributed by atoms with Crippen LogP contribution in [0.3, 0.4) is 0 Å². The number of allylic oxidation sites excluding steroid dienone is 12. The first kappa shape index (κ1) is 33.4. The van der Waals surface area contributed by atoms with Crippen LogP contribution in [0.1, 0.15) is 66.6 Å². The molecule has 5 heteroatoms. The first-order valence-electron chi connectivity index (χ1n) is 13.0. The van der Waals surface area contributed by atoms with E-state index in [9.17, 15) is 4.79 Å². The Morgan fingerprint density at radius 1 is 0.917 bits per heavy atom. The molecule has 0 aromatic carbocycles. The Hall–Kier alpha value is -2.63. The van der Waals surface area contributed by atoms with Crippen molar-refractivity contribution in [2.45, 2.75) is 60.4 Å². The molecular weight excluding hydrogens is 464 g/mol. The van der Waals surface area contributed by atoms with E-state index >= 15 is 0 Å². The van der Waals surface area contributed by atoms with Gasteiger partial charge < -0.3 is 9.64 Å². The minimum absolute atomic E-state index is 0.129. The van der Waals surface area contributed by atoms with Crippen LogP contribution in [0.25, 0.3) is 11.1 Å². The second kappa shape index (κ2) is 21.6. The van der Waals surface area contributed by atoms with Crippen molar-refractivity contribution >= 4 is 28.8 Å². The van der Waals surface area contributed by atoms with E-state index in [0.29, 0.717) is 32.1 Å². The Kier molecular flexibility index (Phi) is 20.1. The van der Waals surface area contributed by atoms with Crippen LogP contribution >= 0.6 is 11.8 Å². The maximum Gasteiger partial charge on any atom is 0.233 e. The van der Waals surface area contributed by atoms with Gasteiger partial charge in [0.2, 0.25) is 5.91 Å². The van der Waals surface area contributed by atoms with Crippen molar-refractivity contribution in [1.29, 1.82) is 0 Å². The zero-order chi connectivity index (χ0) is 27.2. The molecule has 1 saturated heterocycles. The number of nitrogens with zero attached hydrogens (tertiary/aromatic N) is 2. The fraction of sp³-hybridized carbons (Fsp3) is 0.419. The molecular formula is C31H46N2O2S. The molecule has 1 aromatic heterocycles. The molecule has 1 aromatic rings. The summed E-state index contributed by atoms with van der Waals surface area (Å²) in [6.45, 7) is 18.6. The van der Waals surface area contributed by atoms with Crippen LogP contribution < -0.4 is 0 Å². The minimum Gasteiger partial charge on any atom is -0.378 e. The lowest BCUT2D eigenvalue weighted by Crippen LogP contribution is -2.41. The van der Waals surface area contributed by atoms with Crippen molar-refractivity contribution in [3.05, 3.63) is 84.2 Å². The average Bonchev–Trinajstić information content (AvgIpc) is 2.94. The molecule has 0 unspecified atom stereocenters. The standard InChI is InChI=1S/C27H34N2O2S.2C2H6/c1-5-9-11-14-22(8-4)24-19-25(23(12-7-3)13-10-6-2)28-26(20-24)32-21-27(30)29-15-17-31-18-16-29;2*1-2/h5-14,19-20H,15-18,21H2,1-4H3;2*1-2H3/b9-5-,10-6-,12-7-,14-11-,22-8+,23-13+;;. The molecule has 1 amide bonds. The molecule has 1 aliphatic rings. The van der Waals surface area contributed by atoms with E-state index in [2.05, 4.69) is 36.4 Å². The Morgan fingerprint density at radius 2 is 1.58 bits per heavy atom. The molecule has 0 saturated carbocycles. The van der Waals surface area contributed by atoms with Crippen LogP contribution in [0.5, 0.6) is 0 Å². The molecule has 0 spiro atoms. The van der Waals surface area contributed by atoms with Gasteiger partial charge in [-0.3, -0.25) is 4.79 Å². The van der Waals surface area contributed by atoms with Crippen LogP contribution in [-0.2, 0) is 9.53 Å². The summed E-state index contributed by atoms with van der Waals surface area (Å²) in [6.07, 6.45) is 20.4. The Morgan fingerprint density at radius 3 is 2.17 bits per heavy atom. The van der Waals surface area contributed by atoms with E-state index in [1.54, 1.807) is 0 Å². The third-order valence-electron chi connectivity index (χ3n) is 4.84. The second-order valence-electron chi connectivity index (χ2n) is 7.14. The average molecular weight is 511 g/mol. The molecule has 4 nitrogen and oxygen atoms in total. The van der Waals surface area contributed by atoms with Gasteiger partial charge in [0.25, 0.3) is 0 Å². The van der Waals surface area contributed by atoms with E-state index < -0.39 is 0 Å². The topological polar surface area (TPSA) is 42.4 Å². The first-order chi connectivity index (χ1) is 17.6. The van der Waals surface area contributed by atoms with E-state index in [4.69, 9.17) is 9.72 Å². The van der Waals surface area contributed by atoms with Crippen molar-refractivity contribution in [3.63, 3.8) is 0 Å². The second-order valence-corrected chi connectivity index (χ2v) is 8.13. The smallest absolute Gasteiger partial charge is 0.233 e. The zero-order valence-electron chi connectivity index (χ0n) is 23.6. The van der Waals surface area contributed by atoms with Crippen molar-refractivity contribution in [2.24, 2.45) is 0 Å². The fourth-order valence-electron chi connectivity index (χ4n) is 3.17. The summed E-state index contributed by atoms with van der Waals surface area (Å²) < 4.78 is 5.36. The van der Waals surface area contributed by atoms with Gasteiger partial charge in [-0.1, -0.05) is 100 Å². The van der Waals surface area contributed by atoms with Crippen LogP contribution in [-0.4, -0.2) is 47.8 Å². The highest BCUT2D eigenvalue weighted by atomic mass is 32.2. The Labute approximate surface area is 224 Å². The lowest BCUT2D eigenvalue weighted by molar-refractivity contribution is -0.132. The highest BCUT2D eigenvalue weighted by molar-refractivity contribution is 7.99. The van der Waals surface area contributed by atoms with Gasteiger partial charge >= 0.3 is 0 Å². The van der Waals surface area contributed by atoms with Gasteiger partial charge in [-0.05, 0) is 56.5 Å². The monoisotopic (exact) mass is 510 g/mol. The molecule has 2 heterocycles. The summed E-state index contributed by atoms with van der Waals surface area (Å²) >= 11 is 1.49. The van der Waals surface area contributed by atoms with E-state index in [-0.39, 0.29) is 5.91 Å². The highest BCUT2D eigenvalue weighted by Gasteiger charge is 2.17. The molecule has 0 atom stereocenters. The summed E-state index contributed by atoms with van der Waals surface area (Å²) in [5.74, 6) is 0.497. The minimum atomic E-state index is 0.129. The number of amides is 1. The van der Waals surface area contributed by atoms with Gasteiger partial charge in [0, 0.05) is 13.1 Å². The predicted octanol–water partition coefficient (Wildman–Crippen LogP) is 8.16. The number of hydrogen-bond acceptors (Lipinski definition) is 4. The normalized spacial score (nSPS) is 14.8. The maximum atomic E-state index is 12.6. The molecule has 0 radical (unpaired) electrons. The predicted molar refractivity (Wildman–Crippen MR) is 160 cm³/mol. The number of morpholine rings is 1. The molecule has 0 bridgehead atoms. The third kappa shape index (κ3) is 12.4. The summed E-state index contributed by atoms with van der Waals surface area (Å²) in [7, 11) is 0. The van der Waals surface area contributed by atoms with Crippen molar-refractivity contribution < 1.29 is 9.53 Å². The lowest BCUT2D eigenvalue weighted by Gasteiger charge is -2.26. The number of hydrogen-bond donors (Lipinski definition) is 0. The van der Waals surface area contributed by atoms with Gasteiger partial charge in [0.05, 0.1) is 29.7 Å². The molecule has 1 aliphatic heterocycles. The van der Waals surface area contributed by atoms with Crippen molar-refractivity contribution in [2.75, 3.05) is 32.1 Å². The number of aromatic nitrogens is 1. The number of thioether (sulfide) groups is 1. The van der Waals surface area contributed by atoms with Crippen LogP contribution in [0.4, 0.5) is 0 Å². The van der Waals surface area contributed by atoms with E-state index in [0.717, 1.165) is 27.4 Å². The van der Waals surface area contributed by atoms with Gasteiger partial charge in [-0.15, -0.1) is 0 Å². The SMILES string of the molecule is CC.CC.C\C=C/C=C\C(=C/C)c1cc(SCC(=O)N2CCOCC2)nc(C(/C=C\C)=C/C=C\C)c1. The van der Waals surface area contributed by atoms with Crippen LogP contribution in [0.15, 0.2) is 77.9 Å². The molecule has 1 fully saturated rings. The van der Waals surface area contributed by atoms with E-state index in [1.165, 1.54) is 11.8 Å². The zero-order valence-corrected chi connectivity index (χ0v) is 24.4. The summed E-state index contributed by atoms with van der Waals surface area (Å²) in [5.41, 5.74) is 4.11. The summed E-state index contributed by atoms with van der Waals surface area (Å²) in [6, 6.07) is 4.18. The first-order valence-corrected chi connectivity index (χ1v) is 14.0. The number of carbonyl (C=O) groups excluding carboxylic acids is 1. The third-order valence-corrected chi connectivity index (χ3v) is 5.74. The molecule has 198 valence electrons. The van der Waals surface area contributed by atoms with Crippen LogP contribution in [0, 0.1) is 0 Å². The number of pyridine rings is 1. The van der Waals surface area contributed by atoms with Crippen LogP contribution in [0.2, 0.25) is 0 Å². The highest BCUT2D eigenvalue weighted by Crippen LogP contribution is 2.27. The Balaban J connectivity index is 0.00000291. The number of rotatable bonds is 9. The fourth-order valence-corrected chi connectivity index (χ4v) is 4.00. The largest absolute Gasteiger partial charge is 0.378 e. The van der Waals surface area contributed by atoms with Gasteiger partial charge in [0.15, 0.2) is 0 Å². The van der Waals surface area contributed by atoms with Gasteiger partial charge in [-0.2, -0.15) is 0 Å². The maximum absolute atomic E-state index is 12.6. The van der Waals surface area contributed by atoms with Gasteiger partial charge in [-0.25, -0.2) is 4.98 Å². The lowest BCUT2D eigenvalue weighted by atomic mass is 10.0. The van der Waals surface area contributed by atoms with Gasteiger partial charge in [0.1, 0.15) is 0 Å². The summed E-state index contributed by atoms with van der Waals surface area (Å²) in [4.78, 5) is 19.4. The molecule has 36 heavy (non-hydrogen) atoms. The quantitative estimate of drug-likeness (QED) is 0.248.